The fraction of sp³-hybridized carbons (Fsp3) is 0.200. The second-order valence-corrected chi connectivity index (χ2v) is 5.87. The van der Waals surface area contributed by atoms with Gasteiger partial charge in [-0.05, 0) is 12.0 Å². The van der Waals surface area contributed by atoms with E-state index in [9.17, 15) is 8.42 Å². The van der Waals surface area contributed by atoms with E-state index in [-0.39, 0.29) is 5.75 Å². The van der Waals surface area contributed by atoms with Crippen molar-refractivity contribution in [2.45, 2.75) is 6.42 Å². The Balaban J connectivity index is 2.59. The lowest BCUT2D eigenvalue weighted by Crippen LogP contribution is -2.02. The molecule has 0 N–H and O–H groups in total. The molecule has 0 radical (unpaired) electrons. The molecule has 0 saturated carbocycles. The van der Waals surface area contributed by atoms with Gasteiger partial charge < -0.3 is 0 Å². The molecule has 76 valence electrons. The van der Waals surface area contributed by atoms with Crippen LogP contribution in [-0.2, 0) is 15.5 Å². The third-order valence-corrected chi connectivity index (χ3v) is 2.75. The number of halogens is 1. The summed E-state index contributed by atoms with van der Waals surface area (Å²) in [5.41, 5.74) is 1.64. The van der Waals surface area contributed by atoms with Crippen molar-refractivity contribution >= 4 is 19.7 Å². The first-order valence-electron chi connectivity index (χ1n) is 4.10. The largest absolute Gasteiger partial charge is 0.236 e. The summed E-state index contributed by atoms with van der Waals surface area (Å²) in [6, 6.07) is 9.55. The summed E-state index contributed by atoms with van der Waals surface area (Å²) >= 11 is 0. The highest BCUT2D eigenvalue weighted by Gasteiger charge is 2.08. The lowest BCUT2D eigenvalue weighted by molar-refractivity contribution is 0.611. The normalized spacial score (nSPS) is 11.2. The molecule has 0 aliphatic carbocycles. The van der Waals surface area contributed by atoms with Gasteiger partial charge in [-0.1, -0.05) is 42.5 Å². The molecule has 0 spiro atoms. The van der Waals surface area contributed by atoms with Crippen molar-refractivity contribution in [2.24, 2.45) is 0 Å². The Kier molecular flexibility index (Phi) is 3.72. The molecule has 0 aliphatic rings. The molecular formula is C10H11ClO2S. The quantitative estimate of drug-likeness (QED) is 0.588. The summed E-state index contributed by atoms with van der Waals surface area (Å²) in [5, 5.41) is 0. The topological polar surface area (TPSA) is 34.1 Å². The number of hydrogen-bond acceptors (Lipinski definition) is 2. The molecule has 0 heterocycles. The molecular weight excluding hydrogens is 220 g/mol. The number of hydrogen-bond donors (Lipinski definition) is 0. The van der Waals surface area contributed by atoms with Crippen molar-refractivity contribution in [1.29, 1.82) is 0 Å². The molecule has 0 amide bonds. The third-order valence-electron chi connectivity index (χ3n) is 1.67. The highest BCUT2D eigenvalue weighted by atomic mass is 35.7. The Morgan fingerprint density at radius 1 is 1.29 bits per heavy atom. The summed E-state index contributed by atoms with van der Waals surface area (Å²) in [6.45, 7) is 3.67. The van der Waals surface area contributed by atoms with E-state index in [0.29, 0.717) is 12.0 Å². The lowest BCUT2D eigenvalue weighted by atomic mass is 10.1. The first kappa shape index (κ1) is 11.3. The Morgan fingerprint density at radius 2 is 1.86 bits per heavy atom. The molecule has 0 aliphatic heterocycles. The molecule has 0 fully saturated rings. The third kappa shape index (κ3) is 4.44. The van der Waals surface area contributed by atoms with Gasteiger partial charge in [0.2, 0.25) is 9.05 Å². The van der Waals surface area contributed by atoms with Gasteiger partial charge in [0.05, 0.1) is 5.75 Å². The molecule has 2 nitrogen and oxygen atoms in total. The molecule has 0 bridgehead atoms. The number of benzene rings is 1. The highest BCUT2D eigenvalue weighted by molar-refractivity contribution is 8.13. The molecule has 1 aromatic rings. The Bertz CT molecular complexity index is 409. The summed E-state index contributed by atoms with van der Waals surface area (Å²) in [4.78, 5) is 0. The maximum Gasteiger partial charge on any atom is 0.236 e. The molecule has 0 saturated heterocycles. The molecule has 0 aromatic heterocycles. The van der Waals surface area contributed by atoms with Crippen molar-refractivity contribution < 1.29 is 8.42 Å². The Labute approximate surface area is 88.6 Å². The van der Waals surface area contributed by atoms with Crippen LogP contribution >= 0.6 is 10.7 Å². The van der Waals surface area contributed by atoms with E-state index in [2.05, 4.69) is 6.58 Å². The predicted molar refractivity (Wildman–Crippen MR) is 58.9 cm³/mol. The van der Waals surface area contributed by atoms with Gasteiger partial charge in [-0.25, -0.2) is 8.42 Å². The Hall–Kier alpha value is -0.800. The first-order chi connectivity index (χ1) is 6.47. The van der Waals surface area contributed by atoms with E-state index >= 15 is 0 Å². The van der Waals surface area contributed by atoms with Gasteiger partial charge in [0.25, 0.3) is 0 Å². The van der Waals surface area contributed by atoms with Gasteiger partial charge in [0.1, 0.15) is 0 Å². The zero-order valence-corrected chi connectivity index (χ0v) is 9.18. The van der Waals surface area contributed by atoms with Gasteiger partial charge in [-0.15, -0.1) is 0 Å². The summed E-state index contributed by atoms with van der Waals surface area (Å²) in [6.07, 6.45) is 0.548. The van der Waals surface area contributed by atoms with Crippen LogP contribution in [-0.4, -0.2) is 14.2 Å². The summed E-state index contributed by atoms with van der Waals surface area (Å²) < 4.78 is 21.5. The fourth-order valence-corrected chi connectivity index (χ4v) is 2.23. The second-order valence-electron chi connectivity index (χ2n) is 3.10. The maximum atomic E-state index is 10.7. The van der Waals surface area contributed by atoms with E-state index in [1.54, 1.807) is 0 Å². The molecule has 1 aromatic carbocycles. The van der Waals surface area contributed by atoms with Gasteiger partial charge in [0.15, 0.2) is 0 Å². The lowest BCUT2D eigenvalue weighted by Gasteiger charge is -2.02. The van der Waals surface area contributed by atoms with E-state index in [4.69, 9.17) is 10.7 Å². The van der Waals surface area contributed by atoms with Gasteiger partial charge in [0, 0.05) is 10.7 Å². The zero-order chi connectivity index (χ0) is 10.6. The standard InChI is InChI=1S/C10H11ClO2S/c1-9(8-14(11,12)13)7-10-5-3-2-4-6-10/h2-6H,1,7-8H2. The van der Waals surface area contributed by atoms with E-state index in [1.807, 2.05) is 30.3 Å². The molecule has 14 heavy (non-hydrogen) atoms. The van der Waals surface area contributed by atoms with Crippen LogP contribution in [0.3, 0.4) is 0 Å². The minimum absolute atomic E-state index is 0.163. The highest BCUT2D eigenvalue weighted by Crippen LogP contribution is 2.10. The van der Waals surface area contributed by atoms with Crippen molar-refractivity contribution in [3.63, 3.8) is 0 Å². The maximum absolute atomic E-state index is 10.7. The SMILES string of the molecule is C=C(Cc1ccccc1)CS(=O)(=O)Cl. The van der Waals surface area contributed by atoms with Crippen LogP contribution < -0.4 is 0 Å². The second kappa shape index (κ2) is 4.62. The van der Waals surface area contributed by atoms with Gasteiger partial charge in [-0.2, -0.15) is 0 Å². The van der Waals surface area contributed by atoms with Crippen molar-refractivity contribution in [2.75, 3.05) is 5.75 Å². The average molecular weight is 231 g/mol. The zero-order valence-electron chi connectivity index (χ0n) is 7.61. The van der Waals surface area contributed by atoms with Crippen LogP contribution in [0.2, 0.25) is 0 Å². The molecule has 0 unspecified atom stereocenters. The first-order valence-corrected chi connectivity index (χ1v) is 6.58. The van der Waals surface area contributed by atoms with Gasteiger partial charge >= 0.3 is 0 Å². The Morgan fingerprint density at radius 3 is 2.36 bits per heavy atom. The molecule has 0 atom stereocenters. The van der Waals surface area contributed by atoms with Crippen LogP contribution in [0.1, 0.15) is 5.56 Å². The number of rotatable bonds is 4. The van der Waals surface area contributed by atoms with Crippen LogP contribution in [0.15, 0.2) is 42.5 Å². The van der Waals surface area contributed by atoms with Crippen LogP contribution in [0.5, 0.6) is 0 Å². The van der Waals surface area contributed by atoms with Crippen molar-refractivity contribution in [3.8, 4) is 0 Å². The van der Waals surface area contributed by atoms with Crippen molar-refractivity contribution in [3.05, 3.63) is 48.0 Å². The monoisotopic (exact) mass is 230 g/mol. The average Bonchev–Trinajstić information content (AvgIpc) is 2.02. The van der Waals surface area contributed by atoms with Crippen LogP contribution in [0.25, 0.3) is 0 Å². The minimum Gasteiger partial charge on any atom is -0.212 e. The smallest absolute Gasteiger partial charge is 0.212 e. The molecule has 1 rings (SSSR count). The minimum atomic E-state index is -3.47. The summed E-state index contributed by atoms with van der Waals surface area (Å²) in [7, 11) is 1.63. The van der Waals surface area contributed by atoms with Crippen LogP contribution in [0.4, 0.5) is 0 Å². The molecule has 4 heteroatoms. The summed E-state index contributed by atoms with van der Waals surface area (Å²) in [5.74, 6) is -0.163. The van der Waals surface area contributed by atoms with Gasteiger partial charge in [-0.3, -0.25) is 0 Å². The predicted octanol–water partition coefficient (Wildman–Crippen LogP) is 2.35. The van der Waals surface area contributed by atoms with E-state index in [0.717, 1.165) is 5.56 Å². The van der Waals surface area contributed by atoms with E-state index < -0.39 is 9.05 Å². The van der Waals surface area contributed by atoms with Crippen molar-refractivity contribution in [1.82, 2.24) is 0 Å². The van der Waals surface area contributed by atoms with Crippen LogP contribution in [0, 0.1) is 0 Å². The fourth-order valence-electron chi connectivity index (χ4n) is 1.18. The van der Waals surface area contributed by atoms with E-state index in [1.165, 1.54) is 0 Å².